The van der Waals surface area contributed by atoms with Crippen LogP contribution in [-0.2, 0) is 10.0 Å². The molecule has 1 atom stereocenters. The Morgan fingerprint density at radius 2 is 1.95 bits per heavy atom. The highest BCUT2D eigenvalue weighted by molar-refractivity contribution is 7.89. The second-order valence-corrected chi connectivity index (χ2v) is 8.67. The van der Waals surface area contributed by atoms with Gasteiger partial charge in [0.05, 0.1) is 11.7 Å². The van der Waals surface area contributed by atoms with E-state index in [-0.39, 0.29) is 5.92 Å². The molecule has 1 saturated heterocycles. The number of aryl methyl sites for hydroxylation is 1. The van der Waals surface area contributed by atoms with E-state index in [0.717, 1.165) is 25.7 Å². The van der Waals surface area contributed by atoms with Gasteiger partial charge in [-0.05, 0) is 38.5 Å². The standard InChI is InChI=1S/C15H25N3O3S/c1-12-16-15(21-17-12)14-8-5-9-18(10-14)22(19,20)11-13-6-3-2-4-7-13/h13-14H,2-11H2,1H3. The molecule has 7 heteroatoms. The predicted octanol–water partition coefficient (Wildman–Crippen LogP) is 2.47. The van der Waals surface area contributed by atoms with Gasteiger partial charge in [0, 0.05) is 13.1 Å². The summed E-state index contributed by atoms with van der Waals surface area (Å²) >= 11 is 0. The van der Waals surface area contributed by atoms with E-state index in [1.165, 1.54) is 19.3 Å². The first-order valence-corrected chi connectivity index (χ1v) is 9.93. The van der Waals surface area contributed by atoms with Gasteiger partial charge in [-0.25, -0.2) is 12.7 Å². The SMILES string of the molecule is Cc1noc(C2CCCN(S(=O)(=O)CC3CCCCC3)C2)n1. The molecule has 2 aliphatic rings. The third-order valence-corrected chi connectivity index (χ3v) is 6.85. The van der Waals surface area contributed by atoms with Crippen LogP contribution in [0.15, 0.2) is 4.52 Å². The fourth-order valence-electron chi connectivity index (χ4n) is 3.63. The molecule has 1 aliphatic carbocycles. The molecular formula is C15H25N3O3S. The quantitative estimate of drug-likeness (QED) is 0.849. The minimum Gasteiger partial charge on any atom is -0.339 e. The van der Waals surface area contributed by atoms with Crippen LogP contribution in [0.1, 0.15) is 62.6 Å². The molecule has 0 bridgehead atoms. The molecule has 124 valence electrons. The molecule has 0 N–H and O–H groups in total. The molecule has 0 aromatic carbocycles. The number of rotatable bonds is 4. The molecule has 1 aromatic heterocycles. The Labute approximate surface area is 132 Å². The van der Waals surface area contributed by atoms with E-state index in [1.54, 1.807) is 11.2 Å². The maximum Gasteiger partial charge on any atom is 0.231 e. The monoisotopic (exact) mass is 327 g/mol. The molecule has 2 heterocycles. The van der Waals surface area contributed by atoms with Crippen LogP contribution in [-0.4, -0.2) is 41.7 Å². The summed E-state index contributed by atoms with van der Waals surface area (Å²) in [6.07, 6.45) is 7.47. The van der Waals surface area contributed by atoms with Gasteiger partial charge in [-0.15, -0.1) is 0 Å². The van der Waals surface area contributed by atoms with Gasteiger partial charge >= 0.3 is 0 Å². The fraction of sp³-hybridized carbons (Fsp3) is 0.867. The van der Waals surface area contributed by atoms with Crippen molar-refractivity contribution < 1.29 is 12.9 Å². The summed E-state index contributed by atoms with van der Waals surface area (Å²) in [5, 5.41) is 3.82. The zero-order valence-electron chi connectivity index (χ0n) is 13.2. The molecular weight excluding hydrogens is 302 g/mol. The normalized spacial score (nSPS) is 25.4. The van der Waals surface area contributed by atoms with Crippen molar-refractivity contribution in [3.05, 3.63) is 11.7 Å². The van der Waals surface area contributed by atoms with E-state index in [2.05, 4.69) is 10.1 Å². The van der Waals surface area contributed by atoms with Crippen molar-refractivity contribution >= 4 is 10.0 Å². The Bertz CT molecular complexity index is 593. The van der Waals surface area contributed by atoms with Crippen molar-refractivity contribution in [3.63, 3.8) is 0 Å². The summed E-state index contributed by atoms with van der Waals surface area (Å²) in [6, 6.07) is 0. The number of nitrogens with zero attached hydrogens (tertiary/aromatic N) is 3. The molecule has 1 unspecified atom stereocenters. The van der Waals surface area contributed by atoms with Crippen molar-refractivity contribution in [3.8, 4) is 0 Å². The Morgan fingerprint density at radius 3 is 2.64 bits per heavy atom. The van der Waals surface area contributed by atoms with E-state index in [0.29, 0.717) is 36.5 Å². The third-order valence-electron chi connectivity index (χ3n) is 4.84. The lowest BCUT2D eigenvalue weighted by atomic mass is 9.91. The fourth-order valence-corrected chi connectivity index (χ4v) is 5.59. The average Bonchev–Trinajstić information content (AvgIpc) is 2.95. The number of piperidine rings is 1. The minimum atomic E-state index is -3.17. The summed E-state index contributed by atoms with van der Waals surface area (Å²) in [5.41, 5.74) is 0. The van der Waals surface area contributed by atoms with Gasteiger partial charge in [0.15, 0.2) is 5.82 Å². The van der Waals surface area contributed by atoms with Gasteiger partial charge < -0.3 is 4.52 Å². The first kappa shape index (κ1) is 15.9. The molecule has 0 spiro atoms. The van der Waals surface area contributed by atoms with Gasteiger partial charge in [-0.3, -0.25) is 0 Å². The lowest BCUT2D eigenvalue weighted by Gasteiger charge is -2.32. The molecule has 6 nitrogen and oxygen atoms in total. The number of hydrogen-bond donors (Lipinski definition) is 0. The van der Waals surface area contributed by atoms with Crippen molar-refractivity contribution in [2.45, 2.75) is 57.8 Å². The smallest absolute Gasteiger partial charge is 0.231 e. The van der Waals surface area contributed by atoms with E-state index < -0.39 is 10.0 Å². The number of sulfonamides is 1. The third kappa shape index (κ3) is 3.68. The zero-order chi connectivity index (χ0) is 15.6. The first-order valence-electron chi connectivity index (χ1n) is 8.32. The van der Waals surface area contributed by atoms with Crippen molar-refractivity contribution in [1.29, 1.82) is 0 Å². The van der Waals surface area contributed by atoms with Gasteiger partial charge in [-0.1, -0.05) is 24.4 Å². The van der Waals surface area contributed by atoms with Crippen LogP contribution >= 0.6 is 0 Å². The minimum absolute atomic E-state index is 0.0380. The van der Waals surface area contributed by atoms with Crippen molar-refractivity contribution in [2.24, 2.45) is 5.92 Å². The van der Waals surface area contributed by atoms with Crippen LogP contribution in [0.4, 0.5) is 0 Å². The maximum atomic E-state index is 12.7. The van der Waals surface area contributed by atoms with E-state index in [9.17, 15) is 8.42 Å². The molecule has 3 rings (SSSR count). The van der Waals surface area contributed by atoms with E-state index in [4.69, 9.17) is 4.52 Å². The predicted molar refractivity (Wildman–Crippen MR) is 82.9 cm³/mol. The van der Waals surface area contributed by atoms with Crippen LogP contribution in [0.2, 0.25) is 0 Å². The van der Waals surface area contributed by atoms with Crippen LogP contribution in [0.25, 0.3) is 0 Å². The Balaban J connectivity index is 1.65. The Hall–Kier alpha value is -0.950. The highest BCUT2D eigenvalue weighted by Gasteiger charge is 2.33. The first-order chi connectivity index (χ1) is 10.5. The highest BCUT2D eigenvalue weighted by atomic mass is 32.2. The van der Waals surface area contributed by atoms with Crippen molar-refractivity contribution in [2.75, 3.05) is 18.8 Å². The van der Waals surface area contributed by atoms with Crippen LogP contribution in [0.3, 0.4) is 0 Å². The summed E-state index contributed by atoms with van der Waals surface area (Å²) in [7, 11) is -3.17. The summed E-state index contributed by atoms with van der Waals surface area (Å²) in [6.45, 7) is 2.89. The molecule has 1 aliphatic heterocycles. The largest absolute Gasteiger partial charge is 0.339 e. The summed E-state index contributed by atoms with van der Waals surface area (Å²) in [4.78, 5) is 4.27. The molecule has 1 saturated carbocycles. The zero-order valence-corrected chi connectivity index (χ0v) is 14.0. The van der Waals surface area contributed by atoms with E-state index in [1.807, 2.05) is 0 Å². The lowest BCUT2D eigenvalue weighted by Crippen LogP contribution is -2.41. The molecule has 1 aromatic rings. The second-order valence-electron chi connectivity index (χ2n) is 6.66. The highest BCUT2D eigenvalue weighted by Crippen LogP contribution is 2.30. The topological polar surface area (TPSA) is 76.3 Å². The number of aromatic nitrogens is 2. The Morgan fingerprint density at radius 1 is 1.18 bits per heavy atom. The molecule has 22 heavy (non-hydrogen) atoms. The van der Waals surface area contributed by atoms with Gasteiger partial charge in [0.2, 0.25) is 15.9 Å². The molecule has 0 amide bonds. The number of hydrogen-bond acceptors (Lipinski definition) is 5. The molecule has 2 fully saturated rings. The molecule has 0 radical (unpaired) electrons. The van der Waals surface area contributed by atoms with Crippen LogP contribution < -0.4 is 0 Å². The Kier molecular flexibility index (Phi) is 4.82. The maximum absolute atomic E-state index is 12.7. The summed E-state index contributed by atoms with van der Waals surface area (Å²) in [5.74, 6) is 1.87. The van der Waals surface area contributed by atoms with Gasteiger partial charge in [-0.2, -0.15) is 4.98 Å². The second kappa shape index (κ2) is 6.66. The van der Waals surface area contributed by atoms with Gasteiger partial charge in [0.1, 0.15) is 0 Å². The average molecular weight is 327 g/mol. The van der Waals surface area contributed by atoms with Crippen LogP contribution in [0, 0.1) is 12.8 Å². The van der Waals surface area contributed by atoms with Crippen LogP contribution in [0.5, 0.6) is 0 Å². The van der Waals surface area contributed by atoms with Gasteiger partial charge in [0.25, 0.3) is 0 Å². The summed E-state index contributed by atoms with van der Waals surface area (Å²) < 4.78 is 32.3. The van der Waals surface area contributed by atoms with E-state index >= 15 is 0 Å². The lowest BCUT2D eigenvalue weighted by molar-refractivity contribution is 0.263. The van der Waals surface area contributed by atoms with Crippen molar-refractivity contribution in [1.82, 2.24) is 14.4 Å².